The van der Waals surface area contributed by atoms with Crippen LogP contribution in [0.2, 0.25) is 0 Å². The van der Waals surface area contributed by atoms with Gasteiger partial charge in [0.25, 0.3) is 0 Å². The third-order valence-corrected chi connectivity index (χ3v) is 4.93. The van der Waals surface area contributed by atoms with E-state index in [1.165, 1.54) is 5.56 Å². The third kappa shape index (κ3) is 3.68. The SMILES string of the molecule is CCOc1nc2nc(C)c(Cc3ccccc3)cc2c(-c2ccccc2)c1C#N. The van der Waals surface area contributed by atoms with E-state index in [9.17, 15) is 5.26 Å². The van der Waals surface area contributed by atoms with Crippen molar-refractivity contribution in [1.29, 1.82) is 5.26 Å². The first-order chi connectivity index (χ1) is 14.2. The van der Waals surface area contributed by atoms with Crippen molar-refractivity contribution in [3.63, 3.8) is 0 Å². The largest absolute Gasteiger partial charge is 0.477 e. The third-order valence-electron chi connectivity index (χ3n) is 4.93. The summed E-state index contributed by atoms with van der Waals surface area (Å²) >= 11 is 0. The minimum absolute atomic E-state index is 0.337. The van der Waals surface area contributed by atoms with E-state index in [1.54, 1.807) is 0 Å². The molecule has 0 unspecified atom stereocenters. The van der Waals surface area contributed by atoms with E-state index in [1.807, 2.05) is 62.4 Å². The number of rotatable bonds is 5. The maximum absolute atomic E-state index is 9.92. The highest BCUT2D eigenvalue weighted by Gasteiger charge is 2.19. The van der Waals surface area contributed by atoms with Gasteiger partial charge in [0.15, 0.2) is 5.65 Å². The zero-order chi connectivity index (χ0) is 20.2. The molecule has 4 rings (SSSR count). The van der Waals surface area contributed by atoms with E-state index in [0.29, 0.717) is 23.7 Å². The molecule has 0 spiro atoms. The zero-order valence-electron chi connectivity index (χ0n) is 16.5. The van der Waals surface area contributed by atoms with Crippen LogP contribution in [0.15, 0.2) is 66.7 Å². The topological polar surface area (TPSA) is 58.8 Å². The molecule has 0 bridgehead atoms. The average Bonchev–Trinajstić information content (AvgIpc) is 2.75. The van der Waals surface area contributed by atoms with Crippen LogP contribution in [0.25, 0.3) is 22.2 Å². The molecule has 0 amide bonds. The number of nitrogens with zero attached hydrogens (tertiary/aromatic N) is 3. The molecule has 2 heterocycles. The van der Waals surface area contributed by atoms with E-state index in [-0.39, 0.29) is 0 Å². The minimum atomic E-state index is 0.337. The van der Waals surface area contributed by atoms with E-state index >= 15 is 0 Å². The smallest absolute Gasteiger partial charge is 0.234 e. The normalized spacial score (nSPS) is 10.7. The van der Waals surface area contributed by atoms with Crippen LogP contribution in [0.3, 0.4) is 0 Å². The van der Waals surface area contributed by atoms with Crippen LogP contribution in [0.5, 0.6) is 5.88 Å². The lowest BCUT2D eigenvalue weighted by atomic mass is 9.95. The van der Waals surface area contributed by atoms with Crippen molar-refractivity contribution in [2.45, 2.75) is 20.3 Å². The fourth-order valence-electron chi connectivity index (χ4n) is 3.54. The number of ether oxygens (including phenoxy) is 1. The van der Waals surface area contributed by atoms with E-state index < -0.39 is 0 Å². The summed E-state index contributed by atoms with van der Waals surface area (Å²) < 4.78 is 5.69. The van der Waals surface area contributed by atoms with Gasteiger partial charge in [-0.15, -0.1) is 0 Å². The number of hydrogen-bond donors (Lipinski definition) is 0. The maximum Gasteiger partial charge on any atom is 0.234 e. The molecule has 0 aliphatic heterocycles. The monoisotopic (exact) mass is 379 g/mol. The molecule has 4 aromatic rings. The molecule has 2 aromatic heterocycles. The molecule has 0 aliphatic carbocycles. The first-order valence-corrected chi connectivity index (χ1v) is 9.67. The second-order valence-electron chi connectivity index (χ2n) is 6.84. The molecule has 0 saturated heterocycles. The highest BCUT2D eigenvalue weighted by molar-refractivity contribution is 5.97. The zero-order valence-corrected chi connectivity index (χ0v) is 16.5. The van der Waals surface area contributed by atoms with Gasteiger partial charge >= 0.3 is 0 Å². The minimum Gasteiger partial charge on any atom is -0.477 e. The Morgan fingerprint density at radius 2 is 1.66 bits per heavy atom. The second kappa shape index (κ2) is 8.12. The molecule has 2 aromatic carbocycles. The molecular formula is C25H21N3O. The van der Waals surface area contributed by atoms with Gasteiger partial charge in [0.2, 0.25) is 5.88 Å². The molecule has 0 radical (unpaired) electrons. The fourth-order valence-corrected chi connectivity index (χ4v) is 3.54. The lowest BCUT2D eigenvalue weighted by Gasteiger charge is -2.15. The fraction of sp³-hybridized carbons (Fsp3) is 0.160. The lowest BCUT2D eigenvalue weighted by molar-refractivity contribution is 0.327. The predicted octanol–water partition coefficient (Wildman–Crippen LogP) is 5.47. The molecule has 0 fully saturated rings. The Bertz CT molecular complexity index is 1200. The van der Waals surface area contributed by atoms with Crippen molar-refractivity contribution in [2.24, 2.45) is 0 Å². The van der Waals surface area contributed by atoms with Gasteiger partial charge in [0.05, 0.1) is 6.61 Å². The van der Waals surface area contributed by atoms with Crippen LogP contribution in [-0.2, 0) is 6.42 Å². The molecule has 29 heavy (non-hydrogen) atoms. The Morgan fingerprint density at radius 3 is 2.31 bits per heavy atom. The number of fused-ring (bicyclic) bond motifs is 1. The van der Waals surface area contributed by atoms with Gasteiger partial charge < -0.3 is 4.74 Å². The molecule has 0 atom stereocenters. The van der Waals surface area contributed by atoms with Crippen LogP contribution >= 0.6 is 0 Å². The Balaban J connectivity index is 1.99. The second-order valence-corrected chi connectivity index (χ2v) is 6.84. The summed E-state index contributed by atoms with van der Waals surface area (Å²) in [5.41, 5.74) is 6.09. The van der Waals surface area contributed by atoms with Gasteiger partial charge in [0.1, 0.15) is 11.6 Å². The summed E-state index contributed by atoms with van der Waals surface area (Å²) in [7, 11) is 0. The average molecular weight is 379 g/mol. The number of aryl methyl sites for hydroxylation is 1. The van der Waals surface area contributed by atoms with E-state index in [0.717, 1.165) is 34.2 Å². The molecule has 0 saturated carbocycles. The van der Waals surface area contributed by atoms with Crippen LogP contribution in [0, 0.1) is 18.3 Å². The van der Waals surface area contributed by atoms with Crippen molar-refractivity contribution in [2.75, 3.05) is 6.61 Å². The summed E-state index contributed by atoms with van der Waals surface area (Å²) in [6, 6.07) is 24.6. The van der Waals surface area contributed by atoms with Crippen molar-refractivity contribution < 1.29 is 4.74 Å². The quantitative estimate of drug-likeness (QED) is 0.461. The van der Waals surface area contributed by atoms with Crippen molar-refractivity contribution >= 4 is 11.0 Å². The summed E-state index contributed by atoms with van der Waals surface area (Å²) in [4.78, 5) is 9.35. The summed E-state index contributed by atoms with van der Waals surface area (Å²) in [5.74, 6) is 0.337. The van der Waals surface area contributed by atoms with E-state index in [2.05, 4.69) is 29.3 Å². The van der Waals surface area contributed by atoms with Gasteiger partial charge in [-0.2, -0.15) is 10.2 Å². The van der Waals surface area contributed by atoms with Crippen molar-refractivity contribution in [1.82, 2.24) is 9.97 Å². The number of benzene rings is 2. The lowest BCUT2D eigenvalue weighted by Crippen LogP contribution is -2.04. The van der Waals surface area contributed by atoms with Gasteiger partial charge in [-0.25, -0.2) is 4.98 Å². The highest BCUT2D eigenvalue weighted by Crippen LogP contribution is 2.36. The summed E-state index contributed by atoms with van der Waals surface area (Å²) in [5, 5.41) is 10.8. The van der Waals surface area contributed by atoms with Crippen LogP contribution < -0.4 is 4.74 Å². The van der Waals surface area contributed by atoms with Gasteiger partial charge in [0, 0.05) is 16.6 Å². The predicted molar refractivity (Wildman–Crippen MR) is 115 cm³/mol. The standard InChI is InChI=1S/C25H21N3O/c1-3-29-25-22(16-26)23(19-12-8-5-9-13-19)21-15-20(17(2)27-24(21)28-25)14-18-10-6-4-7-11-18/h4-13,15H,3,14H2,1-2H3. The highest BCUT2D eigenvalue weighted by atomic mass is 16.5. The number of hydrogen-bond acceptors (Lipinski definition) is 4. The van der Waals surface area contributed by atoms with Crippen molar-refractivity contribution in [3.8, 4) is 23.1 Å². The van der Waals surface area contributed by atoms with Gasteiger partial charge in [-0.3, -0.25) is 0 Å². The molecule has 0 aliphatic rings. The van der Waals surface area contributed by atoms with E-state index in [4.69, 9.17) is 9.72 Å². The van der Waals surface area contributed by atoms with Crippen LogP contribution in [-0.4, -0.2) is 16.6 Å². The summed E-state index contributed by atoms with van der Waals surface area (Å²) in [6.07, 6.45) is 0.777. The molecule has 4 heteroatoms. The number of nitriles is 1. The first-order valence-electron chi connectivity index (χ1n) is 9.67. The first kappa shape index (κ1) is 18.6. The Kier molecular flexibility index (Phi) is 5.22. The summed E-state index contributed by atoms with van der Waals surface area (Å²) in [6.45, 7) is 4.32. The molecule has 142 valence electrons. The van der Waals surface area contributed by atoms with Crippen molar-refractivity contribution in [3.05, 3.63) is 89.1 Å². The molecule has 0 N–H and O–H groups in total. The van der Waals surface area contributed by atoms with Gasteiger partial charge in [-0.1, -0.05) is 60.7 Å². The number of pyridine rings is 2. The van der Waals surface area contributed by atoms with Crippen LogP contribution in [0.1, 0.15) is 29.3 Å². The van der Waals surface area contributed by atoms with Gasteiger partial charge in [-0.05, 0) is 43.0 Å². The molecule has 4 nitrogen and oxygen atoms in total. The Hall–Kier alpha value is -3.71. The van der Waals surface area contributed by atoms with Crippen LogP contribution in [0.4, 0.5) is 0 Å². The Morgan fingerprint density at radius 1 is 0.966 bits per heavy atom. The molecular weight excluding hydrogens is 358 g/mol. The number of aromatic nitrogens is 2. The maximum atomic E-state index is 9.92. The Labute approximate surface area is 170 Å².